The highest BCUT2D eigenvalue weighted by Gasteiger charge is 2.27. The number of unbranched alkanes of at least 4 members (excludes halogenated alkanes) is 18. The molecule has 0 spiro atoms. The monoisotopic (exact) mass is 931 g/mol. The molecular weight excluding hydrogens is 834 g/mol. The van der Waals surface area contributed by atoms with Crippen LogP contribution in [0.1, 0.15) is 200 Å². The second kappa shape index (κ2) is 46.3. The van der Waals surface area contributed by atoms with Crippen LogP contribution in [0, 0.1) is 0 Å². The summed E-state index contributed by atoms with van der Waals surface area (Å²) in [4.78, 5) is 35.3. The van der Waals surface area contributed by atoms with Gasteiger partial charge in [0, 0.05) is 12.8 Å². The molecule has 0 aliphatic carbocycles. The predicted molar refractivity (Wildman–Crippen MR) is 275 cm³/mol. The minimum absolute atomic E-state index is 0.0288. The number of allylic oxidation sites excluding steroid dienone is 14. The number of esters is 2. The van der Waals surface area contributed by atoms with Crippen molar-refractivity contribution in [1.82, 2.24) is 0 Å². The van der Waals surface area contributed by atoms with Crippen LogP contribution in [0.5, 0.6) is 0 Å². The minimum Gasteiger partial charge on any atom is -0.462 e. The lowest BCUT2D eigenvalue weighted by Crippen LogP contribution is -2.37. The third kappa shape index (κ3) is 50.4. The molecule has 0 aliphatic rings. The van der Waals surface area contributed by atoms with E-state index >= 15 is 0 Å². The van der Waals surface area contributed by atoms with Crippen molar-refractivity contribution in [2.24, 2.45) is 0 Å². The van der Waals surface area contributed by atoms with Gasteiger partial charge in [0.2, 0.25) is 0 Å². The number of phosphoric acid groups is 1. The highest BCUT2D eigenvalue weighted by atomic mass is 31.2. The van der Waals surface area contributed by atoms with E-state index in [0.29, 0.717) is 17.4 Å². The third-order valence-electron chi connectivity index (χ3n) is 10.7. The summed E-state index contributed by atoms with van der Waals surface area (Å²) < 4.78 is 34.3. The van der Waals surface area contributed by atoms with Crippen molar-refractivity contribution in [1.29, 1.82) is 0 Å². The van der Waals surface area contributed by atoms with Gasteiger partial charge in [-0.15, -0.1) is 0 Å². The van der Waals surface area contributed by atoms with E-state index in [1.54, 1.807) is 0 Å². The molecule has 0 aliphatic heterocycles. The Balaban J connectivity index is 4.06. The Morgan fingerprint density at radius 1 is 0.492 bits per heavy atom. The Labute approximate surface area is 399 Å². The maximum absolute atomic E-state index is 12.7. The van der Waals surface area contributed by atoms with E-state index in [1.807, 2.05) is 21.1 Å². The lowest BCUT2D eigenvalue weighted by Gasteiger charge is -2.24. The topological polar surface area (TPSA) is 108 Å². The molecule has 2 unspecified atom stereocenters. The van der Waals surface area contributed by atoms with Gasteiger partial charge in [0.25, 0.3) is 0 Å². The Morgan fingerprint density at radius 3 is 1.31 bits per heavy atom. The smallest absolute Gasteiger partial charge is 0.462 e. The van der Waals surface area contributed by atoms with Crippen molar-refractivity contribution in [3.63, 3.8) is 0 Å². The Kier molecular flexibility index (Phi) is 44.3. The number of hydrogen-bond donors (Lipinski definition) is 1. The first-order valence-corrected chi connectivity index (χ1v) is 27.3. The Morgan fingerprint density at radius 2 is 0.877 bits per heavy atom. The van der Waals surface area contributed by atoms with Crippen molar-refractivity contribution < 1.29 is 42.1 Å². The van der Waals surface area contributed by atoms with Crippen LogP contribution >= 0.6 is 7.82 Å². The average Bonchev–Trinajstić information content (AvgIpc) is 3.26. The van der Waals surface area contributed by atoms with Crippen LogP contribution in [-0.2, 0) is 32.7 Å². The van der Waals surface area contributed by atoms with Gasteiger partial charge in [0.05, 0.1) is 27.7 Å². The molecular formula is C55H97NO8P+. The molecule has 0 rings (SSSR count). The van der Waals surface area contributed by atoms with Crippen LogP contribution in [0.2, 0.25) is 0 Å². The molecule has 0 fully saturated rings. The van der Waals surface area contributed by atoms with E-state index < -0.39 is 26.5 Å². The van der Waals surface area contributed by atoms with Gasteiger partial charge >= 0.3 is 19.8 Å². The quantitative estimate of drug-likeness (QED) is 0.0211. The maximum atomic E-state index is 12.7. The molecule has 374 valence electrons. The van der Waals surface area contributed by atoms with Crippen molar-refractivity contribution in [3.05, 3.63) is 85.1 Å². The summed E-state index contributed by atoms with van der Waals surface area (Å²) >= 11 is 0. The van der Waals surface area contributed by atoms with Crippen molar-refractivity contribution >= 4 is 19.8 Å². The summed E-state index contributed by atoms with van der Waals surface area (Å²) in [5.74, 6) is -0.809. The number of ether oxygens (including phenoxy) is 2. The van der Waals surface area contributed by atoms with Gasteiger partial charge in [0.15, 0.2) is 6.10 Å². The molecule has 0 heterocycles. The molecule has 0 radical (unpaired) electrons. The normalized spacial score (nSPS) is 14.1. The second-order valence-corrected chi connectivity index (χ2v) is 19.6. The van der Waals surface area contributed by atoms with E-state index in [0.717, 1.165) is 89.9 Å². The zero-order valence-corrected chi connectivity index (χ0v) is 43.1. The molecule has 0 amide bonds. The number of phosphoric ester groups is 1. The van der Waals surface area contributed by atoms with E-state index in [-0.39, 0.29) is 32.0 Å². The van der Waals surface area contributed by atoms with E-state index in [4.69, 9.17) is 18.5 Å². The van der Waals surface area contributed by atoms with Crippen LogP contribution in [0.4, 0.5) is 0 Å². The lowest BCUT2D eigenvalue weighted by molar-refractivity contribution is -0.870. The fourth-order valence-electron chi connectivity index (χ4n) is 6.70. The molecule has 2 atom stereocenters. The van der Waals surface area contributed by atoms with Crippen molar-refractivity contribution in [3.8, 4) is 0 Å². The molecule has 0 bridgehead atoms. The number of carbonyl (C=O) groups is 2. The standard InChI is InChI=1S/C55H96NO8P/c1-6-8-10-12-14-16-17-18-19-20-21-22-23-24-25-26-27-28-29-30-31-32-33-34-35-36-37-38-39-40-42-44-46-48-55(58)64-53(52-63-65(59,60)62-50-49-56(3,4)5)51-61-54(57)47-45-43-41-15-13-11-9-7-2/h8,10,14,16,18-19,21-22,24-25,27-28,30-31,53H,6-7,9,11-13,15,17,20,23,26,29,32-52H2,1-5H3/p+1/b10-8-,16-14-,19-18-,22-21-,25-24-,28-27-,31-30-. The first-order valence-electron chi connectivity index (χ1n) is 25.8. The molecule has 65 heavy (non-hydrogen) atoms. The van der Waals surface area contributed by atoms with E-state index in [9.17, 15) is 19.0 Å². The zero-order valence-electron chi connectivity index (χ0n) is 42.2. The summed E-state index contributed by atoms with van der Waals surface area (Å²) in [5.41, 5.74) is 0. The summed E-state index contributed by atoms with van der Waals surface area (Å²) in [6.07, 6.45) is 60.9. The van der Waals surface area contributed by atoms with Crippen LogP contribution < -0.4 is 0 Å². The fraction of sp³-hybridized carbons (Fsp3) is 0.709. The zero-order chi connectivity index (χ0) is 47.8. The number of nitrogens with zero attached hydrogens (tertiary/aromatic N) is 1. The molecule has 9 nitrogen and oxygen atoms in total. The number of rotatable bonds is 46. The van der Waals surface area contributed by atoms with Gasteiger partial charge in [-0.2, -0.15) is 0 Å². The van der Waals surface area contributed by atoms with Gasteiger partial charge in [-0.1, -0.05) is 202 Å². The van der Waals surface area contributed by atoms with Crippen LogP contribution in [-0.4, -0.2) is 74.9 Å². The van der Waals surface area contributed by atoms with Gasteiger partial charge in [-0.05, 0) is 70.6 Å². The SMILES string of the molecule is CC/C=C\C/C=C\C/C=C\C/C=C\C/C=C\C/C=C\C/C=C\CCCCCCCCCCCCCC(=O)OC(COC(=O)CCCCCCCCCC)COP(=O)(O)OCC[N+](C)(C)C. The average molecular weight is 931 g/mol. The summed E-state index contributed by atoms with van der Waals surface area (Å²) in [5, 5.41) is 0. The van der Waals surface area contributed by atoms with E-state index in [1.165, 1.54) is 77.0 Å². The number of quaternary nitrogens is 1. The molecule has 0 saturated heterocycles. The lowest BCUT2D eigenvalue weighted by atomic mass is 10.0. The Hall–Kier alpha value is -2.81. The van der Waals surface area contributed by atoms with Crippen LogP contribution in [0.3, 0.4) is 0 Å². The van der Waals surface area contributed by atoms with E-state index in [2.05, 4.69) is 98.9 Å². The number of carbonyl (C=O) groups excluding carboxylic acids is 2. The van der Waals surface area contributed by atoms with Gasteiger partial charge in [0.1, 0.15) is 19.8 Å². The van der Waals surface area contributed by atoms with Crippen LogP contribution in [0.15, 0.2) is 85.1 Å². The molecule has 0 saturated carbocycles. The van der Waals surface area contributed by atoms with Crippen LogP contribution in [0.25, 0.3) is 0 Å². The summed E-state index contributed by atoms with van der Waals surface area (Å²) in [6.45, 7) is 4.26. The Bertz CT molecular complexity index is 1380. The minimum atomic E-state index is -4.38. The first-order chi connectivity index (χ1) is 31.5. The molecule has 0 aromatic rings. The third-order valence-corrected chi connectivity index (χ3v) is 11.7. The van der Waals surface area contributed by atoms with Crippen molar-refractivity contribution in [2.45, 2.75) is 206 Å². The summed E-state index contributed by atoms with van der Waals surface area (Å²) in [7, 11) is 1.47. The number of likely N-dealkylation sites (N-methyl/N-ethyl adjacent to an activating group) is 1. The first kappa shape index (κ1) is 62.2. The van der Waals surface area contributed by atoms with Gasteiger partial charge < -0.3 is 18.9 Å². The van der Waals surface area contributed by atoms with Crippen molar-refractivity contribution in [2.75, 3.05) is 47.5 Å². The molecule has 0 aromatic heterocycles. The maximum Gasteiger partial charge on any atom is 0.472 e. The highest BCUT2D eigenvalue weighted by Crippen LogP contribution is 2.43. The highest BCUT2D eigenvalue weighted by molar-refractivity contribution is 7.47. The molecule has 10 heteroatoms. The molecule has 1 N–H and O–H groups in total. The number of hydrogen-bond acceptors (Lipinski definition) is 7. The van der Waals surface area contributed by atoms with Gasteiger partial charge in [-0.25, -0.2) is 4.57 Å². The largest absolute Gasteiger partial charge is 0.472 e. The fourth-order valence-corrected chi connectivity index (χ4v) is 7.44. The molecule has 0 aromatic carbocycles. The summed E-state index contributed by atoms with van der Waals surface area (Å²) in [6, 6.07) is 0. The predicted octanol–water partition coefficient (Wildman–Crippen LogP) is 15.5. The second-order valence-electron chi connectivity index (χ2n) is 18.2. The van der Waals surface area contributed by atoms with Gasteiger partial charge in [-0.3, -0.25) is 18.6 Å².